The number of benzene rings is 1. The minimum Gasteiger partial charge on any atom is -0.497 e. The Bertz CT molecular complexity index is 642. The average molecular weight is 306 g/mol. The number of aromatic nitrogens is 1. The lowest BCUT2D eigenvalue weighted by atomic mass is 10.1. The van der Waals surface area contributed by atoms with Crippen LogP contribution in [0.3, 0.4) is 0 Å². The van der Waals surface area contributed by atoms with Crippen molar-refractivity contribution in [2.75, 3.05) is 12.8 Å². The fraction of sp³-hybridized carbons (Fsp3) is 0.333. The number of ether oxygens (including phenoxy) is 2. The van der Waals surface area contributed by atoms with Gasteiger partial charge in [0.25, 0.3) is 0 Å². The highest BCUT2D eigenvalue weighted by molar-refractivity contribution is 7.17. The van der Waals surface area contributed by atoms with Gasteiger partial charge in [-0.3, -0.25) is 0 Å². The van der Waals surface area contributed by atoms with Crippen LogP contribution in [0.25, 0.3) is 11.3 Å². The summed E-state index contributed by atoms with van der Waals surface area (Å²) in [6.07, 6.45) is 0. The van der Waals surface area contributed by atoms with Gasteiger partial charge in [0.1, 0.15) is 16.2 Å². The fourth-order valence-corrected chi connectivity index (χ4v) is 2.48. The molecule has 5 nitrogen and oxygen atoms in total. The van der Waals surface area contributed by atoms with Gasteiger partial charge in [-0.25, -0.2) is 9.78 Å². The van der Waals surface area contributed by atoms with Crippen LogP contribution in [0.15, 0.2) is 24.3 Å². The van der Waals surface area contributed by atoms with Crippen LogP contribution in [0.1, 0.15) is 30.4 Å². The molecule has 0 saturated heterocycles. The molecule has 2 aromatic rings. The van der Waals surface area contributed by atoms with Gasteiger partial charge in [-0.2, -0.15) is 0 Å². The summed E-state index contributed by atoms with van der Waals surface area (Å²) in [6.45, 7) is 5.47. The topological polar surface area (TPSA) is 74.4 Å². The molecule has 1 aromatic carbocycles. The summed E-state index contributed by atoms with van der Waals surface area (Å²) in [6, 6.07) is 7.29. The smallest absolute Gasteiger partial charge is 0.351 e. The standard InChI is InChI=1S/C15H18N2O3S/c1-15(2,3)20-13(18)12-11(17-14(16)21-12)9-5-7-10(19-4)8-6-9/h5-8H,1-4H3,(H2,16,17). The van der Waals surface area contributed by atoms with Gasteiger partial charge in [0.15, 0.2) is 5.13 Å². The summed E-state index contributed by atoms with van der Waals surface area (Å²) in [5, 5.41) is 0.335. The lowest BCUT2D eigenvalue weighted by Crippen LogP contribution is -2.23. The summed E-state index contributed by atoms with van der Waals surface area (Å²) in [4.78, 5) is 16.9. The molecule has 0 radical (unpaired) electrons. The number of hydrogen-bond donors (Lipinski definition) is 1. The van der Waals surface area contributed by atoms with E-state index in [0.29, 0.717) is 15.7 Å². The van der Waals surface area contributed by atoms with Crippen LogP contribution in [0.4, 0.5) is 5.13 Å². The second kappa shape index (κ2) is 5.73. The molecular formula is C15H18N2O3S. The van der Waals surface area contributed by atoms with Crippen molar-refractivity contribution in [3.63, 3.8) is 0 Å². The molecule has 112 valence electrons. The molecule has 0 amide bonds. The van der Waals surface area contributed by atoms with E-state index in [1.54, 1.807) is 7.11 Å². The van der Waals surface area contributed by atoms with E-state index in [-0.39, 0.29) is 0 Å². The molecule has 0 unspecified atom stereocenters. The number of methoxy groups -OCH3 is 1. The van der Waals surface area contributed by atoms with Crippen LogP contribution < -0.4 is 10.5 Å². The number of nitrogens with two attached hydrogens (primary N) is 1. The number of rotatable bonds is 3. The Kier molecular flexibility index (Phi) is 4.18. The third kappa shape index (κ3) is 3.72. The Hall–Kier alpha value is -2.08. The maximum absolute atomic E-state index is 12.3. The number of anilines is 1. The van der Waals surface area contributed by atoms with Gasteiger partial charge in [0.2, 0.25) is 0 Å². The van der Waals surface area contributed by atoms with Crippen LogP contribution >= 0.6 is 11.3 Å². The van der Waals surface area contributed by atoms with Crippen molar-refractivity contribution in [1.82, 2.24) is 4.98 Å². The van der Waals surface area contributed by atoms with Crippen molar-refractivity contribution in [3.8, 4) is 17.0 Å². The summed E-state index contributed by atoms with van der Waals surface area (Å²) in [5.41, 5.74) is 6.52. The lowest BCUT2D eigenvalue weighted by molar-refractivity contribution is 0.00759. The zero-order chi connectivity index (χ0) is 15.6. The van der Waals surface area contributed by atoms with Gasteiger partial charge in [0, 0.05) is 5.56 Å². The molecule has 2 rings (SSSR count). The van der Waals surface area contributed by atoms with E-state index in [1.165, 1.54) is 0 Å². The Morgan fingerprint density at radius 3 is 2.38 bits per heavy atom. The molecule has 6 heteroatoms. The molecule has 0 aliphatic carbocycles. The van der Waals surface area contributed by atoms with Gasteiger partial charge in [-0.05, 0) is 45.0 Å². The van der Waals surface area contributed by atoms with Crippen molar-refractivity contribution < 1.29 is 14.3 Å². The van der Waals surface area contributed by atoms with Crippen LogP contribution in [-0.2, 0) is 4.74 Å². The maximum Gasteiger partial charge on any atom is 0.351 e. The highest BCUT2D eigenvalue weighted by Crippen LogP contribution is 2.32. The molecule has 2 N–H and O–H groups in total. The lowest BCUT2D eigenvalue weighted by Gasteiger charge is -2.19. The Morgan fingerprint density at radius 1 is 1.24 bits per heavy atom. The van der Waals surface area contributed by atoms with Crippen molar-refractivity contribution in [2.24, 2.45) is 0 Å². The van der Waals surface area contributed by atoms with E-state index in [1.807, 2.05) is 45.0 Å². The first-order valence-corrected chi connectivity index (χ1v) is 7.26. The SMILES string of the molecule is COc1ccc(-c2nc(N)sc2C(=O)OC(C)(C)C)cc1. The van der Waals surface area contributed by atoms with Gasteiger partial charge in [-0.1, -0.05) is 11.3 Å². The third-order valence-corrected chi connectivity index (χ3v) is 3.46. The molecule has 0 atom stereocenters. The monoisotopic (exact) mass is 306 g/mol. The number of carbonyl (C=O) groups is 1. The highest BCUT2D eigenvalue weighted by Gasteiger charge is 2.24. The van der Waals surface area contributed by atoms with Crippen LogP contribution in [0.5, 0.6) is 5.75 Å². The van der Waals surface area contributed by atoms with Crippen molar-refractivity contribution >= 4 is 22.4 Å². The molecule has 0 aliphatic heterocycles. The van der Waals surface area contributed by atoms with E-state index in [4.69, 9.17) is 15.2 Å². The first-order chi connectivity index (χ1) is 9.80. The number of esters is 1. The Labute approximate surface area is 127 Å². The normalized spacial score (nSPS) is 11.2. The van der Waals surface area contributed by atoms with Gasteiger partial charge < -0.3 is 15.2 Å². The molecule has 0 aliphatic rings. The number of nitrogens with zero attached hydrogens (tertiary/aromatic N) is 1. The van der Waals surface area contributed by atoms with Crippen LogP contribution in [-0.4, -0.2) is 23.7 Å². The quantitative estimate of drug-likeness (QED) is 0.880. The summed E-state index contributed by atoms with van der Waals surface area (Å²) >= 11 is 1.13. The first kappa shape index (κ1) is 15.3. The minimum absolute atomic E-state index is 0.335. The van der Waals surface area contributed by atoms with Crippen molar-refractivity contribution in [1.29, 1.82) is 0 Å². The minimum atomic E-state index is -0.562. The molecule has 0 fully saturated rings. The first-order valence-electron chi connectivity index (χ1n) is 6.44. The largest absolute Gasteiger partial charge is 0.497 e. The molecule has 0 saturated carbocycles. The number of nitrogen functional groups attached to an aromatic ring is 1. The van der Waals surface area contributed by atoms with Gasteiger partial charge in [0.05, 0.1) is 12.8 Å². The summed E-state index contributed by atoms with van der Waals surface area (Å²) < 4.78 is 10.5. The molecular weight excluding hydrogens is 288 g/mol. The fourth-order valence-electron chi connectivity index (χ4n) is 1.74. The van der Waals surface area contributed by atoms with E-state index >= 15 is 0 Å². The van der Waals surface area contributed by atoms with Crippen LogP contribution in [0, 0.1) is 0 Å². The number of thiazole rings is 1. The van der Waals surface area contributed by atoms with Crippen molar-refractivity contribution in [3.05, 3.63) is 29.1 Å². The molecule has 0 spiro atoms. The molecule has 1 aromatic heterocycles. The Morgan fingerprint density at radius 2 is 1.86 bits per heavy atom. The summed E-state index contributed by atoms with van der Waals surface area (Å²) in [7, 11) is 1.60. The maximum atomic E-state index is 12.3. The average Bonchev–Trinajstić information content (AvgIpc) is 2.79. The zero-order valence-electron chi connectivity index (χ0n) is 12.5. The summed E-state index contributed by atoms with van der Waals surface area (Å²) in [5.74, 6) is 0.322. The molecule has 0 bridgehead atoms. The second-order valence-corrected chi connectivity index (χ2v) is 6.49. The van der Waals surface area contributed by atoms with Gasteiger partial charge >= 0.3 is 5.97 Å². The highest BCUT2D eigenvalue weighted by atomic mass is 32.1. The van der Waals surface area contributed by atoms with Crippen molar-refractivity contribution in [2.45, 2.75) is 26.4 Å². The number of hydrogen-bond acceptors (Lipinski definition) is 6. The van der Waals surface area contributed by atoms with E-state index in [0.717, 1.165) is 22.6 Å². The number of carbonyl (C=O) groups excluding carboxylic acids is 1. The molecule has 21 heavy (non-hydrogen) atoms. The predicted octanol–water partition coefficient (Wildman–Crippen LogP) is 3.36. The van der Waals surface area contributed by atoms with E-state index in [9.17, 15) is 4.79 Å². The zero-order valence-corrected chi connectivity index (χ0v) is 13.3. The van der Waals surface area contributed by atoms with Crippen LogP contribution in [0.2, 0.25) is 0 Å². The predicted molar refractivity (Wildman–Crippen MR) is 83.7 cm³/mol. The Balaban J connectivity index is 2.38. The van der Waals surface area contributed by atoms with Gasteiger partial charge in [-0.15, -0.1) is 0 Å². The van der Waals surface area contributed by atoms with E-state index in [2.05, 4.69) is 4.98 Å². The second-order valence-electron chi connectivity index (χ2n) is 5.46. The molecule has 1 heterocycles. The van der Waals surface area contributed by atoms with E-state index < -0.39 is 11.6 Å². The third-order valence-electron chi connectivity index (χ3n) is 2.59.